The van der Waals surface area contributed by atoms with Crippen molar-refractivity contribution in [1.29, 1.82) is 0 Å². The lowest BCUT2D eigenvalue weighted by atomic mass is 10.2. The summed E-state index contributed by atoms with van der Waals surface area (Å²) in [4.78, 5) is 30.8. The number of carbonyl (C=O) groups is 2. The average molecular weight is 390 g/mol. The first-order chi connectivity index (χ1) is 12.9. The van der Waals surface area contributed by atoms with Gasteiger partial charge in [-0.1, -0.05) is 0 Å². The van der Waals surface area contributed by atoms with Gasteiger partial charge in [0, 0.05) is 48.0 Å². The third kappa shape index (κ3) is 4.32. The first kappa shape index (κ1) is 19.4. The fourth-order valence-electron chi connectivity index (χ4n) is 3.53. The van der Waals surface area contributed by atoms with Crippen molar-refractivity contribution in [3.05, 3.63) is 27.8 Å². The molecular formula is C19H27N5O2S. The number of nitrogens with one attached hydrogen (secondary N) is 2. The topological polar surface area (TPSA) is 79.3 Å². The molecule has 1 unspecified atom stereocenters. The van der Waals surface area contributed by atoms with Gasteiger partial charge in [-0.05, 0) is 40.2 Å². The summed E-state index contributed by atoms with van der Waals surface area (Å²) in [6, 6.07) is 2.04. The molecule has 1 fully saturated rings. The largest absolute Gasteiger partial charge is 0.350 e. The van der Waals surface area contributed by atoms with Crippen LogP contribution in [0.5, 0.6) is 0 Å². The molecule has 0 aromatic carbocycles. The number of amides is 3. The molecule has 1 aliphatic rings. The Morgan fingerprint density at radius 3 is 2.78 bits per heavy atom. The van der Waals surface area contributed by atoms with Gasteiger partial charge < -0.3 is 20.1 Å². The SMILES string of the molecule is CCNC(=O)N1CCC(NC(=O)Cn2c(C)cc(-c3csc(C)n3)c2C)C1. The van der Waals surface area contributed by atoms with Crippen LogP contribution in [0.25, 0.3) is 11.3 Å². The highest BCUT2D eigenvalue weighted by molar-refractivity contribution is 7.09. The van der Waals surface area contributed by atoms with Gasteiger partial charge in [0.15, 0.2) is 0 Å². The molecule has 0 bridgehead atoms. The van der Waals surface area contributed by atoms with Crippen LogP contribution in [0.2, 0.25) is 0 Å². The highest BCUT2D eigenvalue weighted by Gasteiger charge is 2.27. The van der Waals surface area contributed by atoms with Gasteiger partial charge in [-0.25, -0.2) is 9.78 Å². The van der Waals surface area contributed by atoms with Crippen molar-refractivity contribution in [2.24, 2.45) is 0 Å². The molecular weight excluding hydrogens is 362 g/mol. The summed E-state index contributed by atoms with van der Waals surface area (Å²) in [5.41, 5.74) is 4.13. The van der Waals surface area contributed by atoms with Gasteiger partial charge in [-0.2, -0.15) is 0 Å². The molecule has 27 heavy (non-hydrogen) atoms. The Labute approximate surface area is 163 Å². The van der Waals surface area contributed by atoms with E-state index in [0.29, 0.717) is 19.6 Å². The minimum Gasteiger partial charge on any atom is -0.350 e. The van der Waals surface area contributed by atoms with Crippen LogP contribution >= 0.6 is 11.3 Å². The van der Waals surface area contributed by atoms with E-state index in [1.54, 1.807) is 16.2 Å². The summed E-state index contributed by atoms with van der Waals surface area (Å²) in [5, 5.41) is 8.95. The van der Waals surface area contributed by atoms with E-state index < -0.39 is 0 Å². The standard InChI is InChI=1S/C19H27N5O2S/c1-5-20-19(26)23-7-6-15(9-23)22-18(25)10-24-12(2)8-16(13(24)3)17-11-27-14(4)21-17/h8,11,15H,5-7,9-10H2,1-4H3,(H,20,26)(H,22,25). The number of aryl methyl sites for hydroxylation is 2. The molecule has 1 saturated heterocycles. The van der Waals surface area contributed by atoms with Gasteiger partial charge in [0.05, 0.1) is 10.7 Å². The zero-order valence-corrected chi connectivity index (χ0v) is 17.2. The van der Waals surface area contributed by atoms with Crippen LogP contribution in [0.1, 0.15) is 29.7 Å². The fourth-order valence-corrected chi connectivity index (χ4v) is 4.15. The summed E-state index contributed by atoms with van der Waals surface area (Å²) < 4.78 is 2.02. The molecule has 2 N–H and O–H groups in total. The Balaban J connectivity index is 1.62. The molecule has 0 aliphatic carbocycles. The quantitative estimate of drug-likeness (QED) is 0.824. The van der Waals surface area contributed by atoms with Crippen LogP contribution in [-0.2, 0) is 11.3 Å². The molecule has 0 saturated carbocycles. The molecule has 3 amide bonds. The third-order valence-electron chi connectivity index (χ3n) is 4.94. The maximum Gasteiger partial charge on any atom is 0.317 e. The van der Waals surface area contributed by atoms with Crippen LogP contribution in [0, 0.1) is 20.8 Å². The molecule has 0 spiro atoms. The number of carbonyl (C=O) groups excluding carboxylic acids is 2. The zero-order chi connectivity index (χ0) is 19.6. The van der Waals surface area contributed by atoms with E-state index in [2.05, 4.69) is 27.1 Å². The van der Waals surface area contributed by atoms with Gasteiger partial charge in [-0.3, -0.25) is 4.79 Å². The van der Waals surface area contributed by atoms with Crippen molar-refractivity contribution in [1.82, 2.24) is 25.1 Å². The zero-order valence-electron chi connectivity index (χ0n) is 16.3. The fraction of sp³-hybridized carbons (Fsp3) is 0.526. The normalized spacial score (nSPS) is 16.6. The van der Waals surface area contributed by atoms with Crippen LogP contribution in [0.3, 0.4) is 0 Å². The second kappa shape index (κ2) is 8.12. The van der Waals surface area contributed by atoms with Gasteiger partial charge in [-0.15, -0.1) is 11.3 Å². The minimum atomic E-state index is -0.0606. The molecule has 3 rings (SSSR count). The first-order valence-electron chi connectivity index (χ1n) is 9.30. The molecule has 2 aromatic rings. The number of nitrogens with zero attached hydrogens (tertiary/aromatic N) is 3. The highest BCUT2D eigenvalue weighted by Crippen LogP contribution is 2.27. The van der Waals surface area contributed by atoms with Crippen molar-refractivity contribution >= 4 is 23.3 Å². The Hall–Kier alpha value is -2.35. The number of hydrogen-bond donors (Lipinski definition) is 2. The number of thiazole rings is 1. The number of aromatic nitrogens is 2. The highest BCUT2D eigenvalue weighted by atomic mass is 32.1. The smallest absolute Gasteiger partial charge is 0.317 e. The molecule has 2 aromatic heterocycles. The summed E-state index contributed by atoms with van der Waals surface area (Å²) in [5.74, 6) is -0.0273. The maximum atomic E-state index is 12.6. The Morgan fingerprint density at radius 1 is 1.33 bits per heavy atom. The minimum absolute atomic E-state index is 0.0111. The van der Waals surface area contributed by atoms with E-state index in [-0.39, 0.29) is 24.5 Å². The molecule has 7 nitrogen and oxygen atoms in total. The molecule has 1 atom stereocenters. The molecule has 1 aliphatic heterocycles. The van der Waals surface area contributed by atoms with Crippen molar-refractivity contribution in [3.63, 3.8) is 0 Å². The molecule has 0 radical (unpaired) electrons. The molecule has 146 valence electrons. The summed E-state index contributed by atoms with van der Waals surface area (Å²) in [6.45, 7) is 10.0. The predicted molar refractivity (Wildman–Crippen MR) is 107 cm³/mol. The van der Waals surface area contributed by atoms with Gasteiger partial charge >= 0.3 is 6.03 Å². The van der Waals surface area contributed by atoms with E-state index in [0.717, 1.165) is 34.1 Å². The van der Waals surface area contributed by atoms with E-state index in [1.807, 2.05) is 32.3 Å². The summed E-state index contributed by atoms with van der Waals surface area (Å²) in [6.07, 6.45) is 0.788. The van der Waals surface area contributed by atoms with Crippen molar-refractivity contribution in [2.45, 2.75) is 46.7 Å². The van der Waals surface area contributed by atoms with Crippen molar-refractivity contribution in [3.8, 4) is 11.3 Å². The van der Waals surface area contributed by atoms with Crippen molar-refractivity contribution in [2.75, 3.05) is 19.6 Å². The van der Waals surface area contributed by atoms with E-state index >= 15 is 0 Å². The second-order valence-corrected chi connectivity index (χ2v) is 8.02. The Morgan fingerprint density at radius 2 is 2.11 bits per heavy atom. The lowest BCUT2D eigenvalue weighted by Gasteiger charge is -2.18. The number of hydrogen-bond acceptors (Lipinski definition) is 4. The first-order valence-corrected chi connectivity index (χ1v) is 10.2. The monoisotopic (exact) mass is 389 g/mol. The lowest BCUT2D eigenvalue weighted by Crippen LogP contribution is -2.42. The van der Waals surface area contributed by atoms with Gasteiger partial charge in [0.25, 0.3) is 0 Å². The Bertz CT molecular complexity index is 841. The van der Waals surface area contributed by atoms with Crippen LogP contribution < -0.4 is 10.6 Å². The lowest BCUT2D eigenvalue weighted by molar-refractivity contribution is -0.122. The predicted octanol–water partition coefficient (Wildman–Crippen LogP) is 2.46. The second-order valence-electron chi connectivity index (χ2n) is 6.96. The Kier molecular flexibility index (Phi) is 5.84. The van der Waals surface area contributed by atoms with Gasteiger partial charge in [0.1, 0.15) is 6.54 Å². The van der Waals surface area contributed by atoms with Crippen LogP contribution in [-0.4, -0.2) is 52.1 Å². The van der Waals surface area contributed by atoms with Crippen LogP contribution in [0.4, 0.5) is 4.79 Å². The molecule has 3 heterocycles. The van der Waals surface area contributed by atoms with Crippen LogP contribution in [0.15, 0.2) is 11.4 Å². The number of urea groups is 1. The van der Waals surface area contributed by atoms with E-state index in [1.165, 1.54) is 0 Å². The summed E-state index contributed by atoms with van der Waals surface area (Å²) in [7, 11) is 0. The number of rotatable bonds is 5. The number of likely N-dealkylation sites (tertiary alicyclic amines) is 1. The van der Waals surface area contributed by atoms with E-state index in [4.69, 9.17) is 0 Å². The molecule has 8 heteroatoms. The average Bonchev–Trinajstić information content (AvgIpc) is 3.31. The maximum absolute atomic E-state index is 12.6. The van der Waals surface area contributed by atoms with Crippen molar-refractivity contribution < 1.29 is 9.59 Å². The van der Waals surface area contributed by atoms with Gasteiger partial charge in [0.2, 0.25) is 5.91 Å². The third-order valence-corrected chi connectivity index (χ3v) is 5.71. The van der Waals surface area contributed by atoms with E-state index in [9.17, 15) is 9.59 Å². The summed E-state index contributed by atoms with van der Waals surface area (Å²) >= 11 is 1.63.